The highest BCUT2D eigenvalue weighted by Gasteiger charge is 2.22. The number of nitrogens with one attached hydrogen (secondary N) is 2. The molecule has 0 fully saturated rings. The number of carboxylic acid groups (broad SMARTS) is 1. The fourth-order valence-electron chi connectivity index (χ4n) is 2.20. The van der Waals surface area contributed by atoms with Crippen LogP contribution in [0.1, 0.15) is 19.4 Å². The van der Waals surface area contributed by atoms with Gasteiger partial charge in [0.1, 0.15) is 12.6 Å². The normalized spacial score (nSPS) is 12.5. The minimum atomic E-state index is -1.07. The van der Waals surface area contributed by atoms with E-state index < -0.39 is 17.9 Å². The van der Waals surface area contributed by atoms with Crippen LogP contribution in [0.4, 0.5) is 0 Å². The minimum Gasteiger partial charge on any atom is -0.480 e. The Labute approximate surface area is 128 Å². The fourth-order valence-corrected chi connectivity index (χ4v) is 2.20. The Bertz CT molecular complexity index is 663. The van der Waals surface area contributed by atoms with Gasteiger partial charge in [-0.15, -0.1) is 0 Å². The molecule has 1 atom stereocenters. The molecule has 118 valence electrons. The van der Waals surface area contributed by atoms with Crippen LogP contribution in [-0.4, -0.2) is 40.7 Å². The predicted octanol–water partition coefficient (Wildman–Crippen LogP) is 1.70. The number of aliphatic carboxylic acids is 1. The summed E-state index contributed by atoms with van der Waals surface area (Å²) < 4.78 is 5.18. The van der Waals surface area contributed by atoms with Crippen molar-refractivity contribution in [3.8, 4) is 0 Å². The van der Waals surface area contributed by atoms with Crippen molar-refractivity contribution >= 4 is 22.8 Å². The van der Waals surface area contributed by atoms with Crippen LogP contribution in [-0.2, 0) is 20.7 Å². The molecule has 2 rings (SSSR count). The van der Waals surface area contributed by atoms with Crippen LogP contribution >= 0.6 is 0 Å². The quantitative estimate of drug-likeness (QED) is 0.726. The number of rotatable bonds is 7. The van der Waals surface area contributed by atoms with E-state index in [1.165, 1.54) is 0 Å². The molecule has 0 radical (unpaired) electrons. The maximum absolute atomic E-state index is 11.7. The summed E-state index contributed by atoms with van der Waals surface area (Å²) in [6, 6.07) is 6.66. The van der Waals surface area contributed by atoms with Crippen LogP contribution in [0, 0.1) is 0 Å². The lowest BCUT2D eigenvalue weighted by atomic mass is 10.1. The number of carbonyl (C=O) groups is 2. The van der Waals surface area contributed by atoms with Crippen molar-refractivity contribution in [1.29, 1.82) is 0 Å². The van der Waals surface area contributed by atoms with Crippen molar-refractivity contribution < 1.29 is 19.4 Å². The third-order valence-corrected chi connectivity index (χ3v) is 3.28. The van der Waals surface area contributed by atoms with Gasteiger partial charge < -0.3 is 20.1 Å². The molecule has 0 saturated heterocycles. The standard InChI is InChI=1S/C16H20N2O4/c1-10(2)22-9-15(19)18-14(16(20)21)7-11-8-17-13-6-4-3-5-12(11)13/h3-6,8,10,14,17H,7,9H2,1-2H3,(H,18,19)(H,20,21)/t14-/m0/s1. The lowest BCUT2D eigenvalue weighted by Crippen LogP contribution is -2.44. The van der Waals surface area contributed by atoms with Crippen molar-refractivity contribution in [2.45, 2.75) is 32.4 Å². The van der Waals surface area contributed by atoms with E-state index in [4.69, 9.17) is 4.74 Å². The Hall–Kier alpha value is -2.34. The summed E-state index contributed by atoms with van der Waals surface area (Å²) in [6.07, 6.45) is 1.91. The number of benzene rings is 1. The highest BCUT2D eigenvalue weighted by molar-refractivity contribution is 5.87. The van der Waals surface area contributed by atoms with E-state index in [1.807, 2.05) is 38.1 Å². The summed E-state index contributed by atoms with van der Waals surface area (Å²) in [6.45, 7) is 3.48. The molecule has 0 saturated carbocycles. The SMILES string of the molecule is CC(C)OCC(=O)N[C@@H](Cc1c[nH]c2ccccc12)C(=O)O. The summed E-state index contributed by atoms with van der Waals surface area (Å²) in [5, 5.41) is 12.8. The van der Waals surface area contributed by atoms with Gasteiger partial charge in [0.05, 0.1) is 6.10 Å². The Balaban J connectivity index is 2.06. The van der Waals surface area contributed by atoms with E-state index in [0.29, 0.717) is 0 Å². The van der Waals surface area contributed by atoms with Gasteiger partial charge in [-0.05, 0) is 25.5 Å². The molecule has 6 nitrogen and oxygen atoms in total. The lowest BCUT2D eigenvalue weighted by molar-refractivity contribution is -0.142. The number of carboxylic acids is 1. The van der Waals surface area contributed by atoms with Crippen molar-refractivity contribution in [3.05, 3.63) is 36.0 Å². The Morgan fingerprint density at radius 1 is 1.32 bits per heavy atom. The molecule has 3 N–H and O–H groups in total. The van der Waals surface area contributed by atoms with Crippen LogP contribution in [0.5, 0.6) is 0 Å². The highest BCUT2D eigenvalue weighted by atomic mass is 16.5. The van der Waals surface area contributed by atoms with E-state index in [9.17, 15) is 14.7 Å². The van der Waals surface area contributed by atoms with Gasteiger partial charge in [0.25, 0.3) is 0 Å². The molecule has 0 unspecified atom stereocenters. The zero-order valence-corrected chi connectivity index (χ0v) is 12.6. The van der Waals surface area contributed by atoms with E-state index in [1.54, 1.807) is 6.20 Å². The van der Waals surface area contributed by atoms with E-state index in [2.05, 4.69) is 10.3 Å². The van der Waals surface area contributed by atoms with Crippen LogP contribution in [0.15, 0.2) is 30.5 Å². The van der Waals surface area contributed by atoms with Gasteiger partial charge in [0.2, 0.25) is 5.91 Å². The molecule has 2 aromatic rings. The van der Waals surface area contributed by atoms with Gasteiger partial charge >= 0.3 is 5.97 Å². The molecule has 1 heterocycles. The van der Waals surface area contributed by atoms with Gasteiger partial charge in [-0.1, -0.05) is 18.2 Å². The summed E-state index contributed by atoms with van der Waals surface area (Å²) in [5.74, 6) is -1.50. The summed E-state index contributed by atoms with van der Waals surface area (Å²) in [7, 11) is 0. The third-order valence-electron chi connectivity index (χ3n) is 3.28. The maximum Gasteiger partial charge on any atom is 0.326 e. The van der Waals surface area contributed by atoms with Gasteiger partial charge in [-0.3, -0.25) is 4.79 Å². The van der Waals surface area contributed by atoms with Crippen LogP contribution < -0.4 is 5.32 Å². The summed E-state index contributed by atoms with van der Waals surface area (Å²) in [4.78, 5) is 26.2. The van der Waals surface area contributed by atoms with Gasteiger partial charge in [0, 0.05) is 23.5 Å². The first-order valence-corrected chi connectivity index (χ1v) is 7.16. The summed E-state index contributed by atoms with van der Waals surface area (Å²) in [5.41, 5.74) is 1.80. The number of hydrogen-bond acceptors (Lipinski definition) is 3. The molecule has 1 aromatic heterocycles. The first-order valence-electron chi connectivity index (χ1n) is 7.16. The largest absolute Gasteiger partial charge is 0.480 e. The van der Waals surface area contributed by atoms with Crippen molar-refractivity contribution in [2.24, 2.45) is 0 Å². The molecule has 0 spiro atoms. The number of para-hydroxylation sites is 1. The topological polar surface area (TPSA) is 91.4 Å². The average Bonchev–Trinajstić information content (AvgIpc) is 2.87. The van der Waals surface area contributed by atoms with Gasteiger partial charge in [-0.2, -0.15) is 0 Å². The average molecular weight is 304 g/mol. The molecular weight excluding hydrogens is 284 g/mol. The van der Waals surface area contributed by atoms with E-state index in [0.717, 1.165) is 16.5 Å². The number of carbonyl (C=O) groups excluding carboxylic acids is 1. The molecule has 0 bridgehead atoms. The molecule has 1 aromatic carbocycles. The first-order chi connectivity index (χ1) is 10.5. The minimum absolute atomic E-state index is 0.0809. The van der Waals surface area contributed by atoms with Crippen molar-refractivity contribution in [1.82, 2.24) is 10.3 Å². The van der Waals surface area contributed by atoms with Crippen molar-refractivity contribution in [3.63, 3.8) is 0 Å². The number of amides is 1. The van der Waals surface area contributed by atoms with Crippen LogP contribution in [0.2, 0.25) is 0 Å². The molecular formula is C16H20N2O4. The second kappa shape index (κ2) is 7.09. The number of aromatic nitrogens is 1. The van der Waals surface area contributed by atoms with Crippen molar-refractivity contribution in [2.75, 3.05) is 6.61 Å². The second-order valence-electron chi connectivity index (χ2n) is 5.38. The molecule has 0 aliphatic heterocycles. The summed E-state index contributed by atoms with van der Waals surface area (Å²) >= 11 is 0. The fraction of sp³-hybridized carbons (Fsp3) is 0.375. The number of aromatic amines is 1. The Morgan fingerprint density at radius 2 is 2.05 bits per heavy atom. The van der Waals surface area contributed by atoms with Gasteiger partial charge in [0.15, 0.2) is 0 Å². The molecule has 0 aliphatic rings. The smallest absolute Gasteiger partial charge is 0.326 e. The maximum atomic E-state index is 11.7. The monoisotopic (exact) mass is 304 g/mol. The van der Waals surface area contributed by atoms with E-state index >= 15 is 0 Å². The van der Waals surface area contributed by atoms with Gasteiger partial charge in [-0.25, -0.2) is 4.79 Å². The second-order valence-corrected chi connectivity index (χ2v) is 5.38. The zero-order chi connectivity index (χ0) is 16.1. The van der Waals surface area contributed by atoms with Crippen LogP contribution in [0.3, 0.4) is 0 Å². The predicted molar refractivity (Wildman–Crippen MR) is 82.7 cm³/mol. The third kappa shape index (κ3) is 4.08. The first kappa shape index (κ1) is 16.0. The highest BCUT2D eigenvalue weighted by Crippen LogP contribution is 2.19. The number of fused-ring (bicyclic) bond motifs is 1. The Kier molecular flexibility index (Phi) is 5.16. The zero-order valence-electron chi connectivity index (χ0n) is 12.6. The Morgan fingerprint density at radius 3 is 2.73 bits per heavy atom. The molecule has 1 amide bonds. The lowest BCUT2D eigenvalue weighted by Gasteiger charge is -2.15. The molecule has 6 heteroatoms. The van der Waals surface area contributed by atoms with E-state index in [-0.39, 0.29) is 19.1 Å². The molecule has 0 aliphatic carbocycles. The number of ether oxygens (including phenoxy) is 1. The number of hydrogen-bond donors (Lipinski definition) is 3. The van der Waals surface area contributed by atoms with Crippen LogP contribution in [0.25, 0.3) is 10.9 Å². The number of H-pyrrole nitrogens is 1. The molecule has 22 heavy (non-hydrogen) atoms.